The Morgan fingerprint density at radius 3 is 2.94 bits per heavy atom. The summed E-state index contributed by atoms with van der Waals surface area (Å²) in [6.07, 6.45) is 8.88. The summed E-state index contributed by atoms with van der Waals surface area (Å²) in [6, 6.07) is 2.54. The maximum Gasteiger partial charge on any atom is 0.160 e. The molecule has 2 heterocycles. The lowest BCUT2D eigenvalue weighted by molar-refractivity contribution is 0.478. The molecular formula is C12H16N4. The Morgan fingerprint density at radius 2 is 2.19 bits per heavy atom. The second kappa shape index (κ2) is 3.77. The number of hydrogen-bond donors (Lipinski definition) is 1. The van der Waals surface area contributed by atoms with Crippen molar-refractivity contribution in [3.63, 3.8) is 0 Å². The van der Waals surface area contributed by atoms with E-state index in [4.69, 9.17) is 0 Å². The highest BCUT2D eigenvalue weighted by Gasteiger charge is 2.20. The summed E-state index contributed by atoms with van der Waals surface area (Å²) in [4.78, 5) is 4.45. The number of fused-ring (bicyclic) bond motifs is 1. The van der Waals surface area contributed by atoms with E-state index in [2.05, 4.69) is 20.1 Å². The average molecular weight is 216 g/mol. The molecule has 0 radical (unpaired) electrons. The van der Waals surface area contributed by atoms with E-state index < -0.39 is 0 Å². The summed E-state index contributed by atoms with van der Waals surface area (Å²) in [5.41, 5.74) is 2.12. The predicted molar refractivity (Wildman–Crippen MR) is 64.6 cm³/mol. The molecule has 1 fully saturated rings. The lowest BCUT2D eigenvalue weighted by atomic mass is 10.2. The van der Waals surface area contributed by atoms with Gasteiger partial charge in [0.15, 0.2) is 5.65 Å². The first-order valence-electron chi connectivity index (χ1n) is 5.90. The van der Waals surface area contributed by atoms with Crippen molar-refractivity contribution < 1.29 is 0 Å². The molecule has 2 aromatic rings. The molecule has 1 N–H and O–H groups in total. The second-order valence-electron chi connectivity index (χ2n) is 4.37. The van der Waals surface area contributed by atoms with E-state index in [-0.39, 0.29) is 0 Å². The summed E-state index contributed by atoms with van der Waals surface area (Å²) in [6.45, 7) is 0. The van der Waals surface area contributed by atoms with Crippen LogP contribution in [0.25, 0.3) is 11.0 Å². The lowest BCUT2D eigenvalue weighted by Crippen LogP contribution is -2.06. The van der Waals surface area contributed by atoms with Gasteiger partial charge in [-0.15, -0.1) is 0 Å². The van der Waals surface area contributed by atoms with E-state index in [1.807, 2.05) is 25.5 Å². The van der Waals surface area contributed by atoms with Crippen molar-refractivity contribution in [1.29, 1.82) is 0 Å². The summed E-state index contributed by atoms with van der Waals surface area (Å²) >= 11 is 0. The van der Waals surface area contributed by atoms with Crippen LogP contribution in [0.5, 0.6) is 0 Å². The fourth-order valence-electron chi connectivity index (χ4n) is 2.58. The van der Waals surface area contributed by atoms with Gasteiger partial charge in [-0.2, -0.15) is 5.10 Å². The van der Waals surface area contributed by atoms with E-state index in [0.29, 0.717) is 6.04 Å². The van der Waals surface area contributed by atoms with Gasteiger partial charge < -0.3 is 5.32 Å². The molecule has 1 aliphatic rings. The molecule has 0 amide bonds. The Labute approximate surface area is 94.7 Å². The molecule has 0 aliphatic heterocycles. The van der Waals surface area contributed by atoms with Gasteiger partial charge in [0.1, 0.15) is 0 Å². The fraction of sp³-hybridized carbons (Fsp3) is 0.500. The molecule has 0 saturated heterocycles. The Balaban J connectivity index is 2.12. The van der Waals surface area contributed by atoms with Crippen molar-refractivity contribution >= 4 is 16.7 Å². The highest BCUT2D eigenvalue weighted by molar-refractivity contribution is 5.88. The van der Waals surface area contributed by atoms with Gasteiger partial charge in [0.25, 0.3) is 0 Å². The Kier molecular flexibility index (Phi) is 2.27. The number of anilines is 1. The topological polar surface area (TPSA) is 42.7 Å². The first kappa shape index (κ1) is 9.63. The first-order valence-corrected chi connectivity index (χ1v) is 5.90. The summed E-state index contributed by atoms with van der Waals surface area (Å²) in [7, 11) is 1.93. The van der Waals surface area contributed by atoms with E-state index in [1.165, 1.54) is 25.7 Å². The Hall–Kier alpha value is -1.58. The standard InChI is InChI=1S/C12H16N4/c1-13-11-6-7-14-12-10(11)8-15-16(12)9-4-2-3-5-9/h6-9H,2-5H2,1H3,(H,13,14). The maximum absolute atomic E-state index is 4.50. The van der Waals surface area contributed by atoms with E-state index in [9.17, 15) is 0 Å². The Bertz CT molecular complexity index is 497. The van der Waals surface area contributed by atoms with Crippen LogP contribution in [-0.2, 0) is 0 Å². The van der Waals surface area contributed by atoms with Gasteiger partial charge in [-0.1, -0.05) is 12.8 Å². The van der Waals surface area contributed by atoms with Crippen LogP contribution < -0.4 is 5.32 Å². The van der Waals surface area contributed by atoms with E-state index in [0.717, 1.165) is 16.7 Å². The minimum Gasteiger partial charge on any atom is -0.387 e. The van der Waals surface area contributed by atoms with Gasteiger partial charge >= 0.3 is 0 Å². The molecule has 3 rings (SSSR count). The first-order chi connectivity index (χ1) is 7.90. The van der Waals surface area contributed by atoms with E-state index in [1.54, 1.807) is 0 Å². The molecule has 0 spiro atoms. The largest absolute Gasteiger partial charge is 0.387 e. The number of pyridine rings is 1. The molecule has 0 unspecified atom stereocenters. The highest BCUT2D eigenvalue weighted by atomic mass is 15.3. The SMILES string of the molecule is CNc1ccnc2c1cnn2C1CCCC1. The summed E-state index contributed by atoms with van der Waals surface area (Å²) in [5, 5.41) is 8.80. The van der Waals surface area contributed by atoms with Crippen molar-refractivity contribution in [2.24, 2.45) is 0 Å². The molecule has 4 nitrogen and oxygen atoms in total. The number of rotatable bonds is 2. The van der Waals surface area contributed by atoms with Crippen LogP contribution in [0.2, 0.25) is 0 Å². The number of nitrogens with one attached hydrogen (secondary N) is 1. The highest BCUT2D eigenvalue weighted by Crippen LogP contribution is 2.32. The molecule has 0 atom stereocenters. The second-order valence-corrected chi connectivity index (χ2v) is 4.37. The van der Waals surface area contributed by atoms with Crippen molar-refractivity contribution in [2.75, 3.05) is 12.4 Å². The van der Waals surface area contributed by atoms with Crippen molar-refractivity contribution in [3.8, 4) is 0 Å². The van der Waals surface area contributed by atoms with Gasteiger partial charge in [0.2, 0.25) is 0 Å². The number of nitrogens with zero attached hydrogens (tertiary/aromatic N) is 3. The molecule has 4 heteroatoms. The zero-order valence-electron chi connectivity index (χ0n) is 9.48. The molecule has 84 valence electrons. The van der Waals surface area contributed by atoms with Crippen LogP contribution in [0.4, 0.5) is 5.69 Å². The molecule has 0 aromatic carbocycles. The third-order valence-corrected chi connectivity index (χ3v) is 3.44. The minimum atomic E-state index is 0.553. The Morgan fingerprint density at radius 1 is 1.38 bits per heavy atom. The molecular weight excluding hydrogens is 200 g/mol. The zero-order chi connectivity index (χ0) is 11.0. The maximum atomic E-state index is 4.50. The summed E-state index contributed by atoms with van der Waals surface area (Å²) < 4.78 is 2.10. The zero-order valence-corrected chi connectivity index (χ0v) is 9.48. The quantitative estimate of drug-likeness (QED) is 0.839. The number of hydrogen-bond acceptors (Lipinski definition) is 3. The smallest absolute Gasteiger partial charge is 0.160 e. The van der Waals surface area contributed by atoms with E-state index >= 15 is 0 Å². The third-order valence-electron chi connectivity index (χ3n) is 3.44. The van der Waals surface area contributed by atoms with Crippen LogP contribution in [0, 0.1) is 0 Å². The predicted octanol–water partition coefficient (Wildman–Crippen LogP) is 2.59. The number of aromatic nitrogens is 3. The molecule has 1 aliphatic carbocycles. The van der Waals surface area contributed by atoms with Crippen LogP contribution in [0.15, 0.2) is 18.5 Å². The minimum absolute atomic E-state index is 0.553. The third kappa shape index (κ3) is 1.37. The van der Waals surface area contributed by atoms with Crippen molar-refractivity contribution in [1.82, 2.24) is 14.8 Å². The molecule has 0 bridgehead atoms. The normalized spacial score (nSPS) is 17.1. The van der Waals surface area contributed by atoms with Crippen LogP contribution in [-0.4, -0.2) is 21.8 Å². The van der Waals surface area contributed by atoms with Crippen LogP contribution >= 0.6 is 0 Å². The molecule has 1 saturated carbocycles. The van der Waals surface area contributed by atoms with Gasteiger partial charge in [-0.3, -0.25) is 0 Å². The van der Waals surface area contributed by atoms with Gasteiger partial charge in [0.05, 0.1) is 17.6 Å². The lowest BCUT2D eigenvalue weighted by Gasteiger charge is -2.10. The molecule has 2 aromatic heterocycles. The molecule has 16 heavy (non-hydrogen) atoms. The van der Waals surface area contributed by atoms with Gasteiger partial charge in [-0.25, -0.2) is 9.67 Å². The fourth-order valence-corrected chi connectivity index (χ4v) is 2.58. The van der Waals surface area contributed by atoms with Crippen molar-refractivity contribution in [2.45, 2.75) is 31.7 Å². The average Bonchev–Trinajstić information content (AvgIpc) is 2.96. The van der Waals surface area contributed by atoms with Crippen LogP contribution in [0.3, 0.4) is 0 Å². The van der Waals surface area contributed by atoms with Crippen molar-refractivity contribution in [3.05, 3.63) is 18.5 Å². The monoisotopic (exact) mass is 216 g/mol. The van der Waals surface area contributed by atoms with Gasteiger partial charge in [-0.05, 0) is 18.9 Å². The van der Waals surface area contributed by atoms with Crippen LogP contribution in [0.1, 0.15) is 31.7 Å². The van der Waals surface area contributed by atoms with Gasteiger partial charge in [0, 0.05) is 18.9 Å². The summed E-state index contributed by atoms with van der Waals surface area (Å²) in [5.74, 6) is 0.